The van der Waals surface area contributed by atoms with Gasteiger partial charge in [-0.1, -0.05) is 0 Å². The van der Waals surface area contributed by atoms with Gasteiger partial charge in [0, 0.05) is 19.3 Å². The predicted octanol–water partition coefficient (Wildman–Crippen LogP) is 1.50. The van der Waals surface area contributed by atoms with Gasteiger partial charge in [0.05, 0.1) is 25.9 Å². The van der Waals surface area contributed by atoms with Crippen molar-refractivity contribution in [2.45, 2.75) is 38.0 Å². The average Bonchev–Trinajstić information content (AvgIpc) is 2.83. The quantitative estimate of drug-likeness (QED) is 0.843. The molecule has 3 atom stereocenters. The van der Waals surface area contributed by atoms with Gasteiger partial charge in [-0.2, -0.15) is 0 Å². The van der Waals surface area contributed by atoms with Crippen molar-refractivity contribution in [1.82, 2.24) is 9.88 Å². The number of methoxy groups -OCH3 is 1. The highest BCUT2D eigenvalue weighted by Crippen LogP contribution is 2.33. The van der Waals surface area contributed by atoms with Gasteiger partial charge in [0.15, 0.2) is 0 Å². The Morgan fingerprint density at radius 2 is 2.36 bits per heavy atom. The van der Waals surface area contributed by atoms with Crippen molar-refractivity contribution in [3.05, 3.63) is 23.9 Å². The van der Waals surface area contributed by atoms with E-state index in [-0.39, 0.29) is 24.2 Å². The van der Waals surface area contributed by atoms with E-state index in [4.69, 9.17) is 14.2 Å². The Hall–Kier alpha value is -1.66. The van der Waals surface area contributed by atoms with Crippen molar-refractivity contribution in [2.75, 3.05) is 26.9 Å². The van der Waals surface area contributed by atoms with E-state index >= 15 is 0 Å². The number of ether oxygens (including phenoxy) is 3. The third-order valence-corrected chi connectivity index (χ3v) is 4.37. The van der Waals surface area contributed by atoms with Crippen LogP contribution in [0.15, 0.2) is 18.3 Å². The Morgan fingerprint density at radius 1 is 1.50 bits per heavy atom. The van der Waals surface area contributed by atoms with Gasteiger partial charge in [0.25, 0.3) is 5.91 Å². The van der Waals surface area contributed by atoms with E-state index in [9.17, 15) is 4.79 Å². The summed E-state index contributed by atoms with van der Waals surface area (Å²) in [4.78, 5) is 19.0. The van der Waals surface area contributed by atoms with Crippen LogP contribution in [0.2, 0.25) is 0 Å². The van der Waals surface area contributed by atoms with Crippen LogP contribution < -0.4 is 4.74 Å². The van der Waals surface area contributed by atoms with Crippen molar-refractivity contribution in [3.63, 3.8) is 0 Å². The molecule has 1 amide bonds. The van der Waals surface area contributed by atoms with Crippen LogP contribution in [0.3, 0.4) is 0 Å². The Bertz CT molecular complexity index is 537. The van der Waals surface area contributed by atoms with E-state index in [2.05, 4.69) is 4.98 Å². The van der Waals surface area contributed by atoms with Crippen LogP contribution in [-0.2, 0) is 9.47 Å². The molecule has 2 fully saturated rings. The molecule has 0 N–H and O–H groups in total. The lowest BCUT2D eigenvalue weighted by Crippen LogP contribution is -2.46. The monoisotopic (exact) mass is 306 g/mol. The van der Waals surface area contributed by atoms with Gasteiger partial charge in [-0.25, -0.2) is 4.98 Å². The van der Waals surface area contributed by atoms with E-state index < -0.39 is 0 Å². The van der Waals surface area contributed by atoms with Crippen LogP contribution in [0.1, 0.15) is 30.1 Å². The normalized spacial score (nSPS) is 27.5. The summed E-state index contributed by atoms with van der Waals surface area (Å²) in [5.74, 6) is 0.297. The van der Waals surface area contributed by atoms with Crippen molar-refractivity contribution < 1.29 is 19.0 Å². The summed E-state index contributed by atoms with van der Waals surface area (Å²) in [6, 6.07) is 3.56. The molecule has 22 heavy (non-hydrogen) atoms. The molecular weight excluding hydrogens is 284 g/mol. The Morgan fingerprint density at radius 3 is 3.14 bits per heavy atom. The van der Waals surface area contributed by atoms with E-state index in [0.29, 0.717) is 31.2 Å². The molecular formula is C16H22N2O4. The maximum absolute atomic E-state index is 13.0. The minimum absolute atomic E-state index is 0.0425. The second kappa shape index (κ2) is 6.62. The summed E-state index contributed by atoms with van der Waals surface area (Å²) in [7, 11) is 1.53. The summed E-state index contributed by atoms with van der Waals surface area (Å²) in [5.41, 5.74) is 0.491. The summed E-state index contributed by atoms with van der Waals surface area (Å²) >= 11 is 0. The SMILES string of the molecule is CCO[C@H]1[C@H]2CC[C@H]1OCCN2C(=O)c1cccnc1OC. The number of hydrogen-bond donors (Lipinski definition) is 0. The average molecular weight is 306 g/mol. The second-order valence-electron chi connectivity index (χ2n) is 5.53. The van der Waals surface area contributed by atoms with Gasteiger partial charge in [0.1, 0.15) is 11.7 Å². The van der Waals surface area contributed by atoms with Crippen LogP contribution in [0.25, 0.3) is 0 Å². The molecule has 6 nitrogen and oxygen atoms in total. The predicted molar refractivity (Wildman–Crippen MR) is 80.0 cm³/mol. The second-order valence-corrected chi connectivity index (χ2v) is 5.53. The van der Waals surface area contributed by atoms with Crippen molar-refractivity contribution in [1.29, 1.82) is 0 Å². The van der Waals surface area contributed by atoms with Crippen molar-refractivity contribution in [3.8, 4) is 5.88 Å². The lowest BCUT2D eigenvalue weighted by Gasteiger charge is -2.31. The number of pyridine rings is 1. The molecule has 0 radical (unpaired) electrons. The number of aromatic nitrogens is 1. The lowest BCUT2D eigenvalue weighted by atomic mass is 10.1. The number of nitrogens with zero attached hydrogens (tertiary/aromatic N) is 2. The van der Waals surface area contributed by atoms with Gasteiger partial charge < -0.3 is 19.1 Å². The maximum atomic E-state index is 13.0. The molecule has 1 saturated heterocycles. The zero-order valence-electron chi connectivity index (χ0n) is 13.0. The molecule has 6 heteroatoms. The lowest BCUT2D eigenvalue weighted by molar-refractivity contribution is -0.0484. The first-order valence-corrected chi connectivity index (χ1v) is 7.79. The molecule has 1 aliphatic heterocycles. The standard InChI is InChI=1S/C16H22N2O4/c1-3-21-14-12-6-7-13(14)22-10-9-18(12)16(19)11-5-4-8-17-15(11)20-2/h4-5,8,12-14H,3,6-7,9-10H2,1-2H3/t12-,13-,14+/m1/s1. The smallest absolute Gasteiger partial charge is 0.259 e. The molecule has 2 aliphatic rings. The fraction of sp³-hybridized carbons (Fsp3) is 0.625. The number of amides is 1. The van der Waals surface area contributed by atoms with Crippen LogP contribution in [0.4, 0.5) is 0 Å². The summed E-state index contributed by atoms with van der Waals surface area (Å²) in [5, 5.41) is 0. The summed E-state index contributed by atoms with van der Waals surface area (Å²) < 4.78 is 16.9. The molecule has 120 valence electrons. The number of fused-ring (bicyclic) bond motifs is 2. The van der Waals surface area contributed by atoms with Crippen LogP contribution >= 0.6 is 0 Å². The van der Waals surface area contributed by atoms with Gasteiger partial charge in [-0.3, -0.25) is 4.79 Å². The topological polar surface area (TPSA) is 60.9 Å². The zero-order valence-corrected chi connectivity index (χ0v) is 13.0. The Balaban J connectivity index is 1.87. The van der Waals surface area contributed by atoms with E-state index in [0.717, 1.165) is 12.8 Å². The minimum atomic E-state index is -0.0641. The van der Waals surface area contributed by atoms with Crippen LogP contribution in [0, 0.1) is 0 Å². The van der Waals surface area contributed by atoms with Gasteiger partial charge in [-0.15, -0.1) is 0 Å². The first-order chi connectivity index (χ1) is 10.8. The Labute approximate surface area is 130 Å². The molecule has 2 bridgehead atoms. The third kappa shape index (κ3) is 2.68. The highest BCUT2D eigenvalue weighted by atomic mass is 16.5. The van der Waals surface area contributed by atoms with E-state index in [1.54, 1.807) is 18.3 Å². The summed E-state index contributed by atoms with van der Waals surface area (Å²) in [6.07, 6.45) is 3.51. The molecule has 1 aromatic heterocycles. The number of carbonyl (C=O) groups excluding carboxylic acids is 1. The molecule has 1 aromatic rings. The minimum Gasteiger partial charge on any atom is -0.480 e. The first-order valence-electron chi connectivity index (χ1n) is 7.79. The third-order valence-electron chi connectivity index (χ3n) is 4.37. The Kier molecular flexibility index (Phi) is 4.59. The molecule has 0 unspecified atom stereocenters. The van der Waals surface area contributed by atoms with Gasteiger partial charge >= 0.3 is 0 Å². The van der Waals surface area contributed by atoms with Crippen molar-refractivity contribution in [2.24, 2.45) is 0 Å². The van der Waals surface area contributed by atoms with Gasteiger partial charge in [-0.05, 0) is 31.9 Å². The molecule has 0 aromatic carbocycles. The number of rotatable bonds is 4. The fourth-order valence-electron chi connectivity index (χ4n) is 3.42. The first kappa shape index (κ1) is 15.2. The summed E-state index contributed by atoms with van der Waals surface area (Å²) in [6.45, 7) is 3.71. The van der Waals surface area contributed by atoms with E-state index in [1.165, 1.54) is 7.11 Å². The highest BCUT2D eigenvalue weighted by Gasteiger charge is 2.45. The molecule has 1 aliphatic carbocycles. The number of carbonyl (C=O) groups is 1. The van der Waals surface area contributed by atoms with Crippen LogP contribution in [-0.4, -0.2) is 60.9 Å². The molecule has 1 saturated carbocycles. The fourth-order valence-corrected chi connectivity index (χ4v) is 3.42. The van der Waals surface area contributed by atoms with Crippen LogP contribution in [0.5, 0.6) is 5.88 Å². The van der Waals surface area contributed by atoms with Gasteiger partial charge in [0.2, 0.25) is 5.88 Å². The van der Waals surface area contributed by atoms with E-state index in [1.807, 2.05) is 11.8 Å². The van der Waals surface area contributed by atoms with Crippen molar-refractivity contribution >= 4 is 5.91 Å². The molecule has 3 rings (SSSR count). The maximum Gasteiger partial charge on any atom is 0.259 e. The highest BCUT2D eigenvalue weighted by molar-refractivity contribution is 5.96. The molecule has 0 spiro atoms. The molecule has 2 heterocycles. The largest absolute Gasteiger partial charge is 0.480 e. The zero-order chi connectivity index (χ0) is 15.5. The number of hydrogen-bond acceptors (Lipinski definition) is 5.